The van der Waals surface area contributed by atoms with Crippen molar-refractivity contribution in [2.45, 2.75) is 222 Å². The van der Waals surface area contributed by atoms with Crippen LogP contribution in [0.2, 0.25) is 18.1 Å². The summed E-state index contributed by atoms with van der Waals surface area (Å²) in [4.78, 5) is 23.4. The molecule has 0 aliphatic carbocycles. The molecule has 0 aliphatic rings. The van der Waals surface area contributed by atoms with Gasteiger partial charge >= 0.3 is 11.9 Å². The largest absolute Gasteiger partial charge is 0.467 e. The number of hydrogen-bond acceptors (Lipinski definition) is 8. The van der Waals surface area contributed by atoms with Crippen LogP contribution < -0.4 is 0 Å². The van der Waals surface area contributed by atoms with E-state index in [0.29, 0.717) is 11.1 Å². The fourth-order valence-electron chi connectivity index (χ4n) is 12.0. The lowest BCUT2D eigenvalue weighted by atomic mass is 9.69. The molecule has 4 atom stereocenters. The van der Waals surface area contributed by atoms with Crippen LogP contribution >= 0.6 is 0 Å². The van der Waals surface area contributed by atoms with E-state index in [-0.39, 0.29) is 38.9 Å². The minimum Gasteiger partial charge on any atom is -0.467 e. The molecule has 6 rings (SSSR count). The third-order valence-electron chi connectivity index (χ3n) is 19.3. The molecule has 462 valence electrons. The van der Waals surface area contributed by atoms with Crippen LogP contribution in [0.1, 0.15) is 208 Å². The Morgan fingerprint density at radius 2 is 0.788 bits per heavy atom. The number of hydrogen-bond donors (Lipinski definition) is 3. The number of esters is 2. The van der Waals surface area contributed by atoms with Gasteiger partial charge in [-0.25, -0.2) is 9.59 Å². The van der Waals surface area contributed by atoms with Crippen molar-refractivity contribution < 1.29 is 38.8 Å². The second-order valence-corrected chi connectivity index (χ2v) is 32.5. The summed E-state index contributed by atoms with van der Waals surface area (Å²) < 4.78 is 16.3. The van der Waals surface area contributed by atoms with Gasteiger partial charge in [0.1, 0.15) is 0 Å². The number of carbonyl (C=O) groups is 2. The van der Waals surface area contributed by atoms with Crippen molar-refractivity contribution in [3.05, 3.63) is 188 Å². The molecule has 0 saturated heterocycles. The first-order valence-electron chi connectivity index (χ1n) is 31.2. The van der Waals surface area contributed by atoms with Gasteiger partial charge in [0.05, 0.1) is 26.4 Å². The summed E-state index contributed by atoms with van der Waals surface area (Å²) in [6.07, 6.45) is 5.01. The second kappa shape index (κ2) is 28.9. The standard InChI is InChI=1S/C41H60O4Si.C35H46O4/c1-14-41(15-2,34-23-24-35(29(4)27-34)31-16-18-32(19-17-31)37(42)38(43)44-11)33-22-20-30(28(3)26-33)21-25-36(39(5,6)7)45-46(12,13)40(8,9)10;1-9-35(10-2,28-17-15-25(23(3)21-28)16-20-31(36)34(5,6)7)29-18-19-30(24(4)22-29)26-11-13-27(14-12-26)32(37)33(38)39-8/h16-20,22-24,26-27,36-37,42H,14-15,21,25H2,1-13H3;11-15,17-19,21-22,31-32,36-37H,9-10,16,20H2,1-8H3. The monoisotopic (exact) mass is 1170 g/mol. The average molecular weight is 1180 g/mol. The maximum absolute atomic E-state index is 11.8. The quantitative estimate of drug-likeness (QED) is 0.0454. The van der Waals surface area contributed by atoms with Gasteiger partial charge in [0.2, 0.25) is 0 Å². The highest BCUT2D eigenvalue weighted by Crippen LogP contribution is 2.45. The summed E-state index contributed by atoms with van der Waals surface area (Å²) in [7, 11) is 0.670. The van der Waals surface area contributed by atoms with Crippen LogP contribution in [0.15, 0.2) is 121 Å². The highest BCUT2D eigenvalue weighted by Gasteiger charge is 2.42. The molecule has 0 heterocycles. The Hall–Kier alpha value is -5.68. The van der Waals surface area contributed by atoms with Crippen LogP contribution in [0.4, 0.5) is 0 Å². The minimum atomic E-state index is -1.88. The number of rotatable bonds is 22. The molecule has 3 N–H and O–H groups in total. The fraction of sp³-hybridized carbons (Fsp3) is 0.500. The Morgan fingerprint density at radius 1 is 0.459 bits per heavy atom. The predicted octanol–water partition coefficient (Wildman–Crippen LogP) is 18.3. The van der Waals surface area contributed by atoms with Crippen molar-refractivity contribution >= 4 is 20.3 Å². The zero-order chi connectivity index (χ0) is 63.6. The number of aryl methyl sites for hydroxylation is 6. The van der Waals surface area contributed by atoms with Crippen LogP contribution in [0.25, 0.3) is 22.3 Å². The van der Waals surface area contributed by atoms with E-state index in [4.69, 9.17) is 4.43 Å². The highest BCUT2D eigenvalue weighted by molar-refractivity contribution is 6.74. The van der Waals surface area contributed by atoms with E-state index >= 15 is 0 Å². The Bertz CT molecular complexity index is 3160. The first-order chi connectivity index (χ1) is 39.7. The Kier molecular flexibility index (Phi) is 23.8. The van der Waals surface area contributed by atoms with E-state index in [1.54, 1.807) is 24.3 Å². The van der Waals surface area contributed by atoms with E-state index in [1.165, 1.54) is 69.9 Å². The number of aliphatic hydroxyl groups is 3. The van der Waals surface area contributed by atoms with Crippen molar-refractivity contribution in [1.29, 1.82) is 0 Å². The molecule has 4 unspecified atom stereocenters. The number of methoxy groups -OCH3 is 2. The van der Waals surface area contributed by atoms with E-state index in [2.05, 4.69) is 213 Å². The Morgan fingerprint density at radius 3 is 1.07 bits per heavy atom. The molecule has 85 heavy (non-hydrogen) atoms. The lowest BCUT2D eigenvalue weighted by Crippen LogP contribution is -2.47. The van der Waals surface area contributed by atoms with Crippen molar-refractivity contribution in [1.82, 2.24) is 0 Å². The van der Waals surface area contributed by atoms with Crippen LogP contribution in [0, 0.1) is 38.5 Å². The molecule has 6 aromatic carbocycles. The van der Waals surface area contributed by atoms with Crippen LogP contribution in [0.3, 0.4) is 0 Å². The predicted molar refractivity (Wildman–Crippen MR) is 356 cm³/mol. The number of carbonyl (C=O) groups excluding carboxylic acids is 2. The zero-order valence-corrected chi connectivity index (χ0v) is 56.9. The Balaban J connectivity index is 0.000000315. The van der Waals surface area contributed by atoms with Gasteiger partial charge in [0.25, 0.3) is 0 Å². The third-order valence-corrected chi connectivity index (χ3v) is 23.7. The molecule has 0 radical (unpaired) electrons. The van der Waals surface area contributed by atoms with Gasteiger partial charge in [-0.15, -0.1) is 0 Å². The number of aliphatic hydroxyl groups excluding tert-OH is 3. The number of benzene rings is 6. The van der Waals surface area contributed by atoms with Gasteiger partial charge in [-0.2, -0.15) is 0 Å². The third kappa shape index (κ3) is 16.5. The molecule has 0 aromatic heterocycles. The van der Waals surface area contributed by atoms with Crippen molar-refractivity contribution in [2.75, 3.05) is 14.2 Å². The van der Waals surface area contributed by atoms with E-state index in [9.17, 15) is 24.9 Å². The molecule has 0 saturated carbocycles. The number of ether oxygens (including phenoxy) is 2. The first-order valence-corrected chi connectivity index (χ1v) is 34.1. The van der Waals surface area contributed by atoms with Crippen LogP contribution in [-0.4, -0.2) is 62.0 Å². The summed E-state index contributed by atoms with van der Waals surface area (Å²) >= 11 is 0. The van der Waals surface area contributed by atoms with Crippen LogP contribution in [0.5, 0.6) is 0 Å². The summed E-state index contributed by atoms with van der Waals surface area (Å²) in [5.74, 6) is -1.32. The van der Waals surface area contributed by atoms with Gasteiger partial charge in [-0.3, -0.25) is 0 Å². The Labute approximate surface area is 514 Å². The summed E-state index contributed by atoms with van der Waals surface area (Å²) in [5.41, 5.74) is 18.3. The van der Waals surface area contributed by atoms with Crippen LogP contribution in [-0.2, 0) is 47.2 Å². The molecule has 0 bridgehead atoms. The van der Waals surface area contributed by atoms with Gasteiger partial charge in [0, 0.05) is 10.8 Å². The zero-order valence-electron chi connectivity index (χ0n) is 55.9. The molecule has 9 heteroatoms. The maximum Gasteiger partial charge on any atom is 0.339 e. The highest BCUT2D eigenvalue weighted by atomic mass is 28.4. The van der Waals surface area contributed by atoms with Crippen molar-refractivity contribution in [3.63, 3.8) is 0 Å². The molecule has 0 fully saturated rings. The van der Waals surface area contributed by atoms with Crippen molar-refractivity contribution in [3.8, 4) is 22.3 Å². The van der Waals surface area contributed by atoms with Gasteiger partial charge in [0.15, 0.2) is 20.5 Å². The second-order valence-electron chi connectivity index (χ2n) is 27.7. The summed E-state index contributed by atoms with van der Waals surface area (Å²) in [5, 5.41) is 31.0. The fourth-order valence-corrected chi connectivity index (χ4v) is 13.5. The van der Waals surface area contributed by atoms with Crippen molar-refractivity contribution in [2.24, 2.45) is 10.8 Å². The lowest BCUT2D eigenvalue weighted by molar-refractivity contribution is -0.151. The summed E-state index contributed by atoms with van der Waals surface area (Å²) in [6.45, 7) is 42.8. The van der Waals surface area contributed by atoms with Gasteiger partial charge in [-0.1, -0.05) is 211 Å². The minimum absolute atomic E-state index is 0.0827. The molecule has 8 nitrogen and oxygen atoms in total. The molecule has 6 aromatic rings. The molecule has 0 spiro atoms. The normalized spacial score (nSPS) is 14.0. The average Bonchev–Trinajstić information content (AvgIpc) is 1.69. The molecular formula is C76H106O8Si. The van der Waals surface area contributed by atoms with E-state index < -0.39 is 32.5 Å². The smallest absolute Gasteiger partial charge is 0.339 e. The van der Waals surface area contributed by atoms with Gasteiger partial charge < -0.3 is 29.2 Å². The molecule has 0 amide bonds. The molecular weight excluding hydrogens is 1070 g/mol. The van der Waals surface area contributed by atoms with E-state index in [1.807, 2.05) is 24.3 Å². The maximum atomic E-state index is 11.8. The first kappa shape index (κ1) is 70.1. The lowest BCUT2D eigenvalue weighted by Gasteiger charge is -2.43. The van der Waals surface area contributed by atoms with Gasteiger partial charge in [-0.05, 0) is 197 Å². The summed E-state index contributed by atoms with van der Waals surface area (Å²) in [6, 6.07) is 42.6. The topological polar surface area (TPSA) is 123 Å². The SMILES string of the molecule is CCC(CC)(c1ccc(CCC(O)C(C)(C)C)c(C)c1)c1ccc(-c2ccc(C(O)C(=O)OC)cc2)c(C)c1.CCC(CC)(c1ccc(CCC(O[Si](C)(C)C(C)(C)C)C(C)(C)C)c(C)c1)c1ccc(-c2ccc(C(O)C(=O)OC)cc2)c(C)c1. The molecule has 0 aliphatic heterocycles. The van der Waals surface area contributed by atoms with E-state index in [0.717, 1.165) is 73.6 Å².